The summed E-state index contributed by atoms with van der Waals surface area (Å²) in [7, 11) is 3.32. The Labute approximate surface area is 118 Å². The summed E-state index contributed by atoms with van der Waals surface area (Å²) in [6.45, 7) is 4.40. The van der Waals surface area contributed by atoms with E-state index in [0.717, 1.165) is 28.1 Å². The molecule has 0 amide bonds. The highest BCUT2D eigenvalue weighted by Crippen LogP contribution is 2.31. The molecular formula is C14H20N2O2S. The minimum absolute atomic E-state index is 0.393. The van der Waals surface area contributed by atoms with Gasteiger partial charge < -0.3 is 14.8 Å². The molecule has 2 rings (SSSR count). The van der Waals surface area contributed by atoms with E-state index in [0.29, 0.717) is 12.0 Å². The van der Waals surface area contributed by atoms with Crippen molar-refractivity contribution in [3.8, 4) is 11.5 Å². The van der Waals surface area contributed by atoms with Crippen LogP contribution in [0.4, 0.5) is 5.69 Å². The molecule has 0 saturated carbocycles. The molecular weight excluding hydrogens is 260 g/mol. The quantitative estimate of drug-likeness (QED) is 0.919. The summed E-state index contributed by atoms with van der Waals surface area (Å²) in [6, 6.07) is 6.08. The highest BCUT2D eigenvalue weighted by molar-refractivity contribution is 8.14. The van der Waals surface area contributed by atoms with E-state index in [-0.39, 0.29) is 0 Å². The number of aliphatic imine (C=N–C) groups is 1. The molecule has 1 N–H and O–H groups in total. The molecule has 0 saturated heterocycles. The highest BCUT2D eigenvalue weighted by atomic mass is 32.2. The van der Waals surface area contributed by atoms with E-state index in [1.807, 2.05) is 18.2 Å². The summed E-state index contributed by atoms with van der Waals surface area (Å²) in [6.07, 6.45) is 0. The van der Waals surface area contributed by atoms with Crippen LogP contribution in [0.15, 0.2) is 23.2 Å². The van der Waals surface area contributed by atoms with Gasteiger partial charge in [-0.25, -0.2) is 0 Å². The molecule has 1 aromatic rings. The average Bonchev–Trinajstić information content (AvgIpc) is 2.87. The zero-order valence-electron chi connectivity index (χ0n) is 11.8. The summed E-state index contributed by atoms with van der Waals surface area (Å²) >= 11 is 1.75. The van der Waals surface area contributed by atoms with Gasteiger partial charge in [0, 0.05) is 11.8 Å². The maximum absolute atomic E-state index is 5.35. The van der Waals surface area contributed by atoms with Gasteiger partial charge >= 0.3 is 0 Å². The lowest BCUT2D eigenvalue weighted by molar-refractivity contribution is 0.405. The van der Waals surface area contributed by atoms with E-state index in [9.17, 15) is 0 Å². The molecule has 1 aliphatic rings. The Kier molecular flexibility index (Phi) is 4.58. The number of benzene rings is 1. The number of anilines is 1. The fraction of sp³-hybridized carbons (Fsp3) is 0.500. The van der Waals surface area contributed by atoms with Crippen LogP contribution in [0.1, 0.15) is 13.8 Å². The lowest BCUT2D eigenvalue weighted by Crippen LogP contribution is -2.12. The average molecular weight is 280 g/mol. The maximum Gasteiger partial charge on any atom is 0.161 e. The van der Waals surface area contributed by atoms with Crippen molar-refractivity contribution in [2.45, 2.75) is 19.9 Å². The normalized spacial score (nSPS) is 18.4. The van der Waals surface area contributed by atoms with Crippen molar-refractivity contribution >= 4 is 22.6 Å². The smallest absolute Gasteiger partial charge is 0.161 e. The van der Waals surface area contributed by atoms with Gasteiger partial charge in [-0.1, -0.05) is 25.6 Å². The SMILES string of the molecule is COc1ccc(OC)c(NC2=NC(C(C)C)CS2)c1. The van der Waals surface area contributed by atoms with Crippen LogP contribution in [0.5, 0.6) is 11.5 Å². The molecule has 0 radical (unpaired) electrons. The van der Waals surface area contributed by atoms with Gasteiger partial charge in [-0.05, 0) is 18.1 Å². The Morgan fingerprint density at radius 1 is 1.32 bits per heavy atom. The Balaban J connectivity index is 2.16. The van der Waals surface area contributed by atoms with Crippen molar-refractivity contribution in [1.29, 1.82) is 0 Å². The topological polar surface area (TPSA) is 42.9 Å². The predicted octanol–water partition coefficient (Wildman–Crippen LogP) is 3.24. The zero-order valence-corrected chi connectivity index (χ0v) is 12.6. The number of hydrogen-bond acceptors (Lipinski definition) is 5. The molecule has 5 heteroatoms. The molecule has 0 aliphatic carbocycles. The van der Waals surface area contributed by atoms with Crippen LogP contribution in [0.25, 0.3) is 0 Å². The van der Waals surface area contributed by atoms with Crippen molar-refractivity contribution in [2.75, 3.05) is 25.3 Å². The molecule has 0 fully saturated rings. The molecule has 1 atom stereocenters. The summed E-state index contributed by atoms with van der Waals surface area (Å²) in [5.41, 5.74) is 0.887. The molecule has 1 aliphatic heterocycles. The van der Waals surface area contributed by atoms with Gasteiger partial charge in [0.05, 0.1) is 25.9 Å². The van der Waals surface area contributed by atoms with Gasteiger partial charge in [0.15, 0.2) is 5.17 Å². The Bertz CT molecular complexity index is 475. The van der Waals surface area contributed by atoms with Crippen molar-refractivity contribution in [2.24, 2.45) is 10.9 Å². The molecule has 19 heavy (non-hydrogen) atoms. The Hall–Kier alpha value is -1.36. The maximum atomic E-state index is 5.35. The zero-order chi connectivity index (χ0) is 13.8. The van der Waals surface area contributed by atoms with Crippen LogP contribution in [-0.2, 0) is 0 Å². The third-order valence-corrected chi connectivity index (χ3v) is 4.08. The van der Waals surface area contributed by atoms with Crippen molar-refractivity contribution in [3.63, 3.8) is 0 Å². The number of nitrogens with zero attached hydrogens (tertiary/aromatic N) is 1. The number of rotatable bonds is 4. The van der Waals surface area contributed by atoms with E-state index in [2.05, 4.69) is 24.2 Å². The molecule has 4 nitrogen and oxygen atoms in total. The minimum atomic E-state index is 0.393. The largest absolute Gasteiger partial charge is 0.497 e. The second-order valence-corrected chi connectivity index (χ2v) is 5.76. The number of ether oxygens (including phenoxy) is 2. The van der Waals surface area contributed by atoms with E-state index in [4.69, 9.17) is 9.47 Å². The molecule has 104 valence electrons. The highest BCUT2D eigenvalue weighted by Gasteiger charge is 2.21. The van der Waals surface area contributed by atoms with Crippen LogP contribution in [0, 0.1) is 5.92 Å². The third-order valence-electron chi connectivity index (χ3n) is 3.09. The summed E-state index contributed by atoms with van der Waals surface area (Å²) < 4.78 is 10.6. The lowest BCUT2D eigenvalue weighted by atomic mass is 10.1. The summed E-state index contributed by atoms with van der Waals surface area (Å²) in [5.74, 6) is 3.19. The fourth-order valence-electron chi connectivity index (χ4n) is 1.83. The van der Waals surface area contributed by atoms with E-state index in [1.165, 1.54) is 0 Å². The number of thioether (sulfide) groups is 1. The number of nitrogens with one attached hydrogen (secondary N) is 1. The van der Waals surface area contributed by atoms with Crippen LogP contribution >= 0.6 is 11.8 Å². The van der Waals surface area contributed by atoms with Gasteiger partial charge in [-0.2, -0.15) is 0 Å². The summed E-state index contributed by atoms with van der Waals surface area (Å²) in [5, 5.41) is 4.28. The molecule has 1 unspecified atom stereocenters. The van der Waals surface area contributed by atoms with Crippen molar-refractivity contribution < 1.29 is 9.47 Å². The third kappa shape index (κ3) is 3.35. The van der Waals surface area contributed by atoms with Crippen LogP contribution < -0.4 is 14.8 Å². The first kappa shape index (κ1) is 14.1. The number of hydrogen-bond donors (Lipinski definition) is 1. The first-order chi connectivity index (χ1) is 9.13. The monoisotopic (exact) mass is 280 g/mol. The van der Waals surface area contributed by atoms with Gasteiger partial charge in [-0.15, -0.1) is 0 Å². The number of methoxy groups -OCH3 is 2. The van der Waals surface area contributed by atoms with Crippen molar-refractivity contribution in [1.82, 2.24) is 0 Å². The molecule has 1 aromatic carbocycles. The minimum Gasteiger partial charge on any atom is -0.497 e. The van der Waals surface area contributed by atoms with Crippen LogP contribution in [0.3, 0.4) is 0 Å². The molecule has 0 aromatic heterocycles. The van der Waals surface area contributed by atoms with Crippen LogP contribution in [-0.4, -0.2) is 31.2 Å². The molecule has 0 spiro atoms. The van der Waals surface area contributed by atoms with Gasteiger partial charge in [0.2, 0.25) is 0 Å². The van der Waals surface area contributed by atoms with Gasteiger partial charge in [-0.3, -0.25) is 4.99 Å². The van der Waals surface area contributed by atoms with E-state index < -0.39 is 0 Å². The Morgan fingerprint density at radius 3 is 2.68 bits per heavy atom. The number of amidine groups is 1. The first-order valence-corrected chi connectivity index (χ1v) is 7.32. The predicted molar refractivity (Wildman–Crippen MR) is 81.7 cm³/mol. The standard InChI is InChI=1S/C14H20N2O2S/c1-9(2)12-8-19-14(16-12)15-11-7-10(17-3)5-6-13(11)18-4/h5-7,9,12H,8H2,1-4H3,(H,15,16). The van der Waals surface area contributed by atoms with E-state index in [1.54, 1.807) is 26.0 Å². The second kappa shape index (κ2) is 6.19. The summed E-state index contributed by atoms with van der Waals surface area (Å²) in [4.78, 5) is 4.69. The lowest BCUT2D eigenvalue weighted by Gasteiger charge is -2.12. The van der Waals surface area contributed by atoms with E-state index >= 15 is 0 Å². The molecule has 0 bridgehead atoms. The second-order valence-electron chi connectivity index (χ2n) is 4.75. The van der Waals surface area contributed by atoms with Crippen LogP contribution in [0.2, 0.25) is 0 Å². The first-order valence-electron chi connectivity index (χ1n) is 6.33. The van der Waals surface area contributed by atoms with Gasteiger partial charge in [0.25, 0.3) is 0 Å². The van der Waals surface area contributed by atoms with Gasteiger partial charge in [0.1, 0.15) is 11.5 Å². The Morgan fingerprint density at radius 2 is 2.11 bits per heavy atom. The molecule has 1 heterocycles. The van der Waals surface area contributed by atoms with Crippen molar-refractivity contribution in [3.05, 3.63) is 18.2 Å². The fourth-order valence-corrected chi connectivity index (χ4v) is 3.01.